The molecule has 1 amide bonds. The summed E-state index contributed by atoms with van der Waals surface area (Å²) >= 11 is 5.81. The number of carbonyl (C=O) groups is 3. The standard InChI is InChI=1S/C23H18ClNO5/c1-29-18-6-4-5-16(13-18)22(27)25-20-8-3-2-7-19(20)23(28)30-14-21(26)15-9-11-17(24)12-10-15/h2-13H,14H2,1H3,(H,25,27). The van der Waals surface area contributed by atoms with Gasteiger partial charge in [0.1, 0.15) is 5.75 Å². The third-order valence-electron chi connectivity index (χ3n) is 4.23. The number of Topliss-reactive ketones (excluding diaryl/α,β-unsaturated/α-hetero) is 1. The number of halogens is 1. The van der Waals surface area contributed by atoms with Gasteiger partial charge in [-0.25, -0.2) is 4.79 Å². The number of hydrogen-bond donors (Lipinski definition) is 1. The van der Waals surface area contributed by atoms with Crippen molar-refractivity contribution in [1.29, 1.82) is 0 Å². The van der Waals surface area contributed by atoms with E-state index in [2.05, 4.69) is 5.32 Å². The molecule has 3 aromatic rings. The molecule has 0 saturated heterocycles. The van der Waals surface area contributed by atoms with Gasteiger partial charge in [0.2, 0.25) is 0 Å². The van der Waals surface area contributed by atoms with E-state index in [1.165, 1.54) is 13.2 Å². The van der Waals surface area contributed by atoms with E-state index in [9.17, 15) is 14.4 Å². The topological polar surface area (TPSA) is 81.7 Å². The molecule has 0 atom stereocenters. The Labute approximate surface area is 178 Å². The Morgan fingerprint density at radius 2 is 1.63 bits per heavy atom. The summed E-state index contributed by atoms with van der Waals surface area (Å²) < 4.78 is 10.3. The molecular weight excluding hydrogens is 406 g/mol. The Kier molecular flexibility index (Phi) is 6.83. The SMILES string of the molecule is COc1cccc(C(=O)Nc2ccccc2C(=O)OCC(=O)c2ccc(Cl)cc2)c1. The molecule has 0 aliphatic heterocycles. The molecular formula is C23H18ClNO5. The zero-order valence-electron chi connectivity index (χ0n) is 16.1. The molecule has 1 N–H and O–H groups in total. The van der Waals surface area contributed by atoms with Crippen molar-refractivity contribution in [2.24, 2.45) is 0 Å². The van der Waals surface area contributed by atoms with Crippen LogP contribution < -0.4 is 10.1 Å². The largest absolute Gasteiger partial charge is 0.497 e. The average molecular weight is 424 g/mol. The normalized spacial score (nSPS) is 10.2. The number of amides is 1. The van der Waals surface area contributed by atoms with Crippen LogP contribution in [0.2, 0.25) is 5.02 Å². The minimum Gasteiger partial charge on any atom is -0.497 e. The molecule has 6 nitrogen and oxygen atoms in total. The van der Waals surface area contributed by atoms with Gasteiger partial charge in [0.05, 0.1) is 18.4 Å². The summed E-state index contributed by atoms with van der Waals surface area (Å²) in [5.74, 6) is -0.959. The van der Waals surface area contributed by atoms with E-state index in [-0.39, 0.29) is 17.0 Å². The number of methoxy groups -OCH3 is 1. The van der Waals surface area contributed by atoms with Crippen LogP contribution in [0.3, 0.4) is 0 Å². The summed E-state index contributed by atoms with van der Waals surface area (Å²) in [6, 6.07) is 19.3. The third-order valence-corrected chi connectivity index (χ3v) is 4.48. The highest BCUT2D eigenvalue weighted by molar-refractivity contribution is 6.30. The van der Waals surface area contributed by atoms with Gasteiger partial charge < -0.3 is 14.8 Å². The Hall–Kier alpha value is -3.64. The quantitative estimate of drug-likeness (QED) is 0.442. The zero-order chi connectivity index (χ0) is 21.5. The molecule has 0 fully saturated rings. The van der Waals surface area contributed by atoms with E-state index >= 15 is 0 Å². The second-order valence-corrected chi connectivity index (χ2v) is 6.67. The van der Waals surface area contributed by atoms with Crippen LogP contribution in [-0.2, 0) is 4.74 Å². The monoisotopic (exact) mass is 423 g/mol. The van der Waals surface area contributed by atoms with Gasteiger partial charge in [-0.15, -0.1) is 0 Å². The Morgan fingerprint density at radius 3 is 2.37 bits per heavy atom. The van der Waals surface area contributed by atoms with Gasteiger partial charge in [-0.1, -0.05) is 29.8 Å². The second-order valence-electron chi connectivity index (χ2n) is 6.24. The Morgan fingerprint density at radius 1 is 0.900 bits per heavy atom. The molecule has 0 spiro atoms. The van der Waals surface area contributed by atoms with Crippen molar-refractivity contribution in [3.8, 4) is 5.75 Å². The first-order valence-electron chi connectivity index (χ1n) is 8.98. The number of anilines is 1. The predicted octanol–water partition coefficient (Wildman–Crippen LogP) is 4.64. The van der Waals surface area contributed by atoms with Crippen LogP contribution in [0.1, 0.15) is 31.1 Å². The van der Waals surface area contributed by atoms with Gasteiger partial charge in [0.15, 0.2) is 12.4 Å². The van der Waals surface area contributed by atoms with Crippen molar-refractivity contribution in [3.63, 3.8) is 0 Å². The van der Waals surface area contributed by atoms with Gasteiger partial charge in [-0.05, 0) is 54.6 Å². The van der Waals surface area contributed by atoms with Crippen LogP contribution in [0.25, 0.3) is 0 Å². The first-order valence-corrected chi connectivity index (χ1v) is 9.36. The fourth-order valence-electron chi connectivity index (χ4n) is 2.66. The van der Waals surface area contributed by atoms with Crippen LogP contribution in [-0.4, -0.2) is 31.4 Å². The van der Waals surface area contributed by atoms with Gasteiger partial charge in [0, 0.05) is 16.1 Å². The number of esters is 1. The molecule has 0 radical (unpaired) electrons. The van der Waals surface area contributed by atoms with Crippen LogP contribution in [0.5, 0.6) is 5.75 Å². The molecule has 0 aromatic heterocycles. The van der Waals surface area contributed by atoms with Crippen molar-refractivity contribution >= 4 is 34.9 Å². The van der Waals surface area contributed by atoms with Crippen molar-refractivity contribution in [2.75, 3.05) is 19.0 Å². The lowest BCUT2D eigenvalue weighted by Gasteiger charge is -2.11. The molecule has 3 rings (SSSR count). The highest BCUT2D eigenvalue weighted by atomic mass is 35.5. The fraction of sp³-hybridized carbons (Fsp3) is 0.0870. The molecule has 3 aromatic carbocycles. The van der Waals surface area contributed by atoms with E-state index in [0.29, 0.717) is 21.9 Å². The lowest BCUT2D eigenvalue weighted by Crippen LogP contribution is -2.18. The lowest BCUT2D eigenvalue weighted by molar-refractivity contribution is 0.0475. The highest BCUT2D eigenvalue weighted by Gasteiger charge is 2.17. The molecule has 0 heterocycles. The van der Waals surface area contributed by atoms with Crippen molar-refractivity contribution in [2.45, 2.75) is 0 Å². The number of hydrogen-bond acceptors (Lipinski definition) is 5. The number of ketones is 1. The van der Waals surface area contributed by atoms with Crippen molar-refractivity contribution in [1.82, 2.24) is 0 Å². The molecule has 0 bridgehead atoms. The summed E-state index contributed by atoms with van der Waals surface area (Å²) in [6.45, 7) is -0.432. The van der Waals surface area contributed by atoms with Crippen molar-refractivity contribution in [3.05, 3.63) is 94.5 Å². The number of ether oxygens (including phenoxy) is 2. The predicted molar refractivity (Wildman–Crippen MR) is 113 cm³/mol. The average Bonchev–Trinajstić information content (AvgIpc) is 2.78. The number of para-hydroxylation sites is 1. The summed E-state index contributed by atoms with van der Waals surface area (Å²) in [5.41, 5.74) is 1.16. The Bertz CT molecular complexity index is 1080. The highest BCUT2D eigenvalue weighted by Crippen LogP contribution is 2.19. The maximum atomic E-state index is 12.6. The summed E-state index contributed by atoms with van der Waals surface area (Å²) in [7, 11) is 1.51. The van der Waals surface area contributed by atoms with E-state index < -0.39 is 18.5 Å². The Balaban J connectivity index is 1.69. The summed E-state index contributed by atoms with van der Waals surface area (Å²) in [4.78, 5) is 37.3. The van der Waals surface area contributed by atoms with Crippen LogP contribution in [0.15, 0.2) is 72.8 Å². The molecule has 152 valence electrons. The van der Waals surface area contributed by atoms with Gasteiger partial charge in [-0.3, -0.25) is 9.59 Å². The maximum Gasteiger partial charge on any atom is 0.340 e. The van der Waals surface area contributed by atoms with Crippen LogP contribution >= 0.6 is 11.6 Å². The van der Waals surface area contributed by atoms with Crippen LogP contribution in [0.4, 0.5) is 5.69 Å². The van der Waals surface area contributed by atoms with Gasteiger partial charge in [-0.2, -0.15) is 0 Å². The lowest BCUT2D eigenvalue weighted by atomic mass is 10.1. The van der Waals surface area contributed by atoms with E-state index in [1.54, 1.807) is 66.7 Å². The molecule has 0 saturated carbocycles. The van der Waals surface area contributed by atoms with E-state index in [0.717, 1.165) is 0 Å². The molecule has 0 unspecified atom stereocenters. The molecule has 0 aliphatic rings. The van der Waals surface area contributed by atoms with Gasteiger partial charge >= 0.3 is 5.97 Å². The summed E-state index contributed by atoms with van der Waals surface area (Å²) in [6.07, 6.45) is 0. The second kappa shape index (κ2) is 9.71. The maximum absolute atomic E-state index is 12.6. The fourth-order valence-corrected chi connectivity index (χ4v) is 2.78. The molecule has 0 aliphatic carbocycles. The minimum atomic E-state index is -0.723. The van der Waals surface area contributed by atoms with E-state index in [4.69, 9.17) is 21.1 Å². The number of rotatable bonds is 7. The smallest absolute Gasteiger partial charge is 0.340 e. The van der Waals surface area contributed by atoms with Crippen LogP contribution in [0, 0.1) is 0 Å². The van der Waals surface area contributed by atoms with Gasteiger partial charge in [0.25, 0.3) is 5.91 Å². The van der Waals surface area contributed by atoms with Crippen molar-refractivity contribution < 1.29 is 23.9 Å². The number of nitrogens with one attached hydrogen (secondary N) is 1. The number of benzene rings is 3. The summed E-state index contributed by atoms with van der Waals surface area (Å²) in [5, 5.41) is 3.19. The minimum absolute atomic E-state index is 0.137. The zero-order valence-corrected chi connectivity index (χ0v) is 16.8. The van der Waals surface area contributed by atoms with E-state index in [1.807, 2.05) is 0 Å². The molecule has 30 heavy (non-hydrogen) atoms. The first-order chi connectivity index (χ1) is 14.5. The molecule has 7 heteroatoms. The first kappa shape index (κ1) is 21.1. The third kappa shape index (κ3) is 5.24. The number of carbonyl (C=O) groups excluding carboxylic acids is 3.